The zero-order chi connectivity index (χ0) is 9.00. The van der Waals surface area contributed by atoms with Gasteiger partial charge in [-0.25, -0.2) is 0 Å². The maximum absolute atomic E-state index is 8.52. The fourth-order valence-electron chi connectivity index (χ4n) is 0. The van der Waals surface area contributed by atoms with Crippen molar-refractivity contribution in [3.63, 3.8) is 0 Å². The Bertz CT molecular complexity index is 208. The Morgan fingerprint density at radius 3 is 0.636 bits per heavy atom. The van der Waals surface area contributed by atoms with Crippen molar-refractivity contribution in [1.82, 2.24) is 0 Å². The number of rotatable bonds is 0. The molecule has 0 atom stereocenters. The van der Waals surface area contributed by atoms with Crippen molar-refractivity contribution >= 4 is 20.8 Å². The SMILES string of the molecule is O=S(=O)([O-])[O-].O=S(=O)([O-])[O-].[Au]. The van der Waals surface area contributed by atoms with Gasteiger partial charge in [0.2, 0.25) is 0 Å². The number of hydrogen-bond donors (Lipinski definition) is 0. The van der Waals surface area contributed by atoms with E-state index in [-0.39, 0.29) is 22.4 Å². The summed E-state index contributed by atoms with van der Waals surface area (Å²) in [7, 11) is -10.3. The van der Waals surface area contributed by atoms with Crippen LogP contribution in [0.3, 0.4) is 0 Å². The number of hydrogen-bond acceptors (Lipinski definition) is 8. The molecule has 75 valence electrons. The Kier molecular flexibility index (Phi) is 9.64. The molecule has 0 N–H and O–H groups in total. The molecule has 0 amide bonds. The monoisotopic (exact) mass is 389 g/mol. The standard InChI is InChI=1S/Au.2H2O4S/c;2*1-5(2,3)4/h;2*(H2,1,2,3,4)/p-4. The van der Waals surface area contributed by atoms with Gasteiger partial charge in [0.15, 0.2) is 0 Å². The van der Waals surface area contributed by atoms with Crippen molar-refractivity contribution in [2.45, 2.75) is 0 Å². The third-order valence-electron chi connectivity index (χ3n) is 0. The summed E-state index contributed by atoms with van der Waals surface area (Å²) < 4.78 is 68.2. The average molecular weight is 389 g/mol. The van der Waals surface area contributed by atoms with Gasteiger partial charge < -0.3 is 18.2 Å². The van der Waals surface area contributed by atoms with Gasteiger partial charge in [0, 0.05) is 43.2 Å². The Morgan fingerprint density at radius 1 is 0.636 bits per heavy atom. The van der Waals surface area contributed by atoms with Crippen molar-refractivity contribution in [2.75, 3.05) is 0 Å². The van der Waals surface area contributed by atoms with Crippen molar-refractivity contribution in [3.8, 4) is 0 Å². The molecule has 0 saturated carbocycles. The van der Waals surface area contributed by atoms with Crippen LogP contribution in [-0.4, -0.2) is 35.0 Å². The maximum Gasteiger partial charge on any atom is 0.0311 e. The molecular weight excluding hydrogens is 389 g/mol. The first kappa shape index (κ1) is 17.5. The summed E-state index contributed by atoms with van der Waals surface area (Å²) in [4.78, 5) is 0. The first-order chi connectivity index (χ1) is 4.00. The quantitative estimate of drug-likeness (QED) is 0.246. The summed E-state index contributed by atoms with van der Waals surface area (Å²) in [5, 5.41) is 0. The van der Waals surface area contributed by atoms with Gasteiger partial charge >= 0.3 is 0 Å². The molecule has 0 rings (SSSR count). The average Bonchev–Trinajstić information content (AvgIpc) is 1.12. The molecule has 0 aromatic heterocycles. The first-order valence-corrected chi connectivity index (χ1v) is 4.00. The smallest absolute Gasteiger partial charge is 0.0311 e. The Morgan fingerprint density at radius 2 is 0.636 bits per heavy atom. The fraction of sp³-hybridized carbons (Fsp3) is 0. The summed E-state index contributed by atoms with van der Waals surface area (Å²) in [6, 6.07) is 0. The van der Waals surface area contributed by atoms with E-state index in [0.29, 0.717) is 0 Å². The van der Waals surface area contributed by atoms with Gasteiger partial charge in [0.25, 0.3) is 0 Å². The normalized spacial score (nSPS) is 10.5. The van der Waals surface area contributed by atoms with Crippen LogP contribution < -0.4 is 0 Å². The Hall–Kier alpha value is 0.480. The molecule has 11 heavy (non-hydrogen) atoms. The molecule has 0 saturated heterocycles. The summed E-state index contributed by atoms with van der Waals surface area (Å²) in [5.74, 6) is 0. The summed E-state index contributed by atoms with van der Waals surface area (Å²) in [5.41, 5.74) is 0. The molecule has 0 aromatic carbocycles. The van der Waals surface area contributed by atoms with Gasteiger partial charge in [-0.3, -0.25) is 16.8 Å². The van der Waals surface area contributed by atoms with Crippen molar-refractivity contribution < 1.29 is 57.4 Å². The second-order valence-corrected chi connectivity index (χ2v) is 2.45. The van der Waals surface area contributed by atoms with E-state index in [9.17, 15) is 0 Å². The largest absolute Gasteiger partial charge is 0.759 e. The van der Waals surface area contributed by atoms with Crippen LogP contribution in [0.2, 0.25) is 0 Å². The minimum Gasteiger partial charge on any atom is -0.759 e. The molecule has 8 nitrogen and oxygen atoms in total. The van der Waals surface area contributed by atoms with E-state index in [0.717, 1.165) is 0 Å². The minimum atomic E-state index is -5.17. The van der Waals surface area contributed by atoms with Gasteiger partial charge in [-0.2, -0.15) is 0 Å². The first-order valence-electron chi connectivity index (χ1n) is 1.33. The van der Waals surface area contributed by atoms with E-state index in [2.05, 4.69) is 0 Å². The molecule has 1 radical (unpaired) electrons. The third kappa shape index (κ3) is 3270. The Labute approximate surface area is 78.3 Å². The van der Waals surface area contributed by atoms with Crippen LogP contribution in [0.5, 0.6) is 0 Å². The van der Waals surface area contributed by atoms with E-state index in [1.54, 1.807) is 0 Å². The molecule has 0 aromatic rings. The summed E-state index contributed by atoms with van der Waals surface area (Å²) >= 11 is 0. The van der Waals surface area contributed by atoms with Crippen LogP contribution in [0, 0.1) is 0 Å². The molecular formula is AuO8S2-4. The van der Waals surface area contributed by atoms with Gasteiger partial charge in [0.05, 0.1) is 0 Å². The molecule has 11 heteroatoms. The van der Waals surface area contributed by atoms with Crippen LogP contribution in [0.1, 0.15) is 0 Å². The van der Waals surface area contributed by atoms with Crippen LogP contribution >= 0.6 is 0 Å². The molecule has 0 aliphatic heterocycles. The van der Waals surface area contributed by atoms with E-state index >= 15 is 0 Å². The predicted molar refractivity (Wildman–Crippen MR) is 20.9 cm³/mol. The predicted octanol–water partition coefficient (Wildman–Crippen LogP) is -2.68. The van der Waals surface area contributed by atoms with Crippen LogP contribution in [0.4, 0.5) is 0 Å². The van der Waals surface area contributed by atoms with Crippen molar-refractivity contribution in [2.24, 2.45) is 0 Å². The second kappa shape index (κ2) is 6.05. The van der Waals surface area contributed by atoms with Crippen LogP contribution in [-0.2, 0) is 43.2 Å². The molecule has 0 bridgehead atoms. The van der Waals surface area contributed by atoms with Crippen LogP contribution in [0.25, 0.3) is 0 Å². The van der Waals surface area contributed by atoms with Gasteiger partial charge in [0.1, 0.15) is 0 Å². The summed E-state index contributed by atoms with van der Waals surface area (Å²) in [6.07, 6.45) is 0. The molecule has 0 aliphatic carbocycles. The second-order valence-electron chi connectivity index (χ2n) is 0.816. The Balaban J connectivity index is -0.000000107. The molecule has 0 spiro atoms. The molecule has 0 fully saturated rings. The zero-order valence-corrected chi connectivity index (χ0v) is 8.18. The van der Waals surface area contributed by atoms with E-state index < -0.39 is 20.8 Å². The van der Waals surface area contributed by atoms with Crippen molar-refractivity contribution in [1.29, 1.82) is 0 Å². The van der Waals surface area contributed by atoms with Crippen molar-refractivity contribution in [3.05, 3.63) is 0 Å². The topological polar surface area (TPSA) is 161 Å². The molecule has 0 unspecified atom stereocenters. The minimum absolute atomic E-state index is 0. The fourth-order valence-corrected chi connectivity index (χ4v) is 0. The van der Waals surface area contributed by atoms with Gasteiger partial charge in [-0.15, -0.1) is 0 Å². The third-order valence-corrected chi connectivity index (χ3v) is 0. The molecule has 0 aliphatic rings. The zero-order valence-electron chi connectivity index (χ0n) is 4.38. The van der Waals surface area contributed by atoms with E-state index in [4.69, 9.17) is 35.0 Å². The van der Waals surface area contributed by atoms with E-state index in [1.165, 1.54) is 0 Å². The van der Waals surface area contributed by atoms with Crippen LogP contribution in [0.15, 0.2) is 0 Å². The maximum atomic E-state index is 8.52. The van der Waals surface area contributed by atoms with Gasteiger partial charge in [-0.1, -0.05) is 0 Å². The molecule has 0 heterocycles. The van der Waals surface area contributed by atoms with Gasteiger partial charge in [-0.05, 0) is 0 Å². The van der Waals surface area contributed by atoms with E-state index in [1.807, 2.05) is 0 Å². The summed E-state index contributed by atoms with van der Waals surface area (Å²) in [6.45, 7) is 0.